The molecule has 1 aliphatic heterocycles. The summed E-state index contributed by atoms with van der Waals surface area (Å²) in [5, 5.41) is 18.9. The number of anilines is 1. The summed E-state index contributed by atoms with van der Waals surface area (Å²) in [7, 11) is 0. The summed E-state index contributed by atoms with van der Waals surface area (Å²) in [5.74, 6) is 0.236. The molecule has 6 nitrogen and oxygen atoms in total. The van der Waals surface area contributed by atoms with Gasteiger partial charge in [-0.3, -0.25) is 9.89 Å². The summed E-state index contributed by atoms with van der Waals surface area (Å²) in [6.45, 7) is 2.53. The van der Waals surface area contributed by atoms with Crippen LogP contribution in [-0.4, -0.2) is 33.6 Å². The Hall–Kier alpha value is -2.81. The number of benzene rings is 1. The highest BCUT2D eigenvalue weighted by atomic mass is 16.2. The largest absolute Gasteiger partial charge is 0.309 e. The molecule has 2 heterocycles. The zero-order chi connectivity index (χ0) is 15.5. The van der Waals surface area contributed by atoms with Gasteiger partial charge in [0.15, 0.2) is 12.0 Å². The van der Waals surface area contributed by atoms with Crippen molar-refractivity contribution in [3.8, 4) is 17.5 Å². The number of aromatic nitrogens is 2. The number of nitrogens with one attached hydrogen (secondary N) is 2. The normalized spacial score (nSPS) is 20.6. The molecule has 0 saturated carbocycles. The standard InChI is InChI=1S/C16H17N5O/c1-11-13(7-8-21(11)10-17)16(22)18-15-9-14(19-20-15)12-5-3-2-4-6-12/h2-6,9,11,13H,7-8H2,1H3,(H2,18,19,20,22)/t11-,13-/m0/s1. The number of carbonyl (C=O) groups is 1. The lowest BCUT2D eigenvalue weighted by molar-refractivity contribution is -0.120. The van der Waals surface area contributed by atoms with Crippen LogP contribution in [0.1, 0.15) is 13.3 Å². The molecule has 2 atom stereocenters. The van der Waals surface area contributed by atoms with Crippen molar-refractivity contribution in [1.82, 2.24) is 15.1 Å². The highest BCUT2D eigenvalue weighted by Crippen LogP contribution is 2.25. The van der Waals surface area contributed by atoms with Crippen molar-refractivity contribution >= 4 is 11.7 Å². The molecule has 1 amide bonds. The second-order valence-electron chi connectivity index (χ2n) is 5.45. The maximum absolute atomic E-state index is 12.3. The third kappa shape index (κ3) is 2.66. The quantitative estimate of drug-likeness (QED) is 0.850. The van der Waals surface area contributed by atoms with E-state index in [9.17, 15) is 4.79 Å². The van der Waals surface area contributed by atoms with Crippen LogP contribution in [0.25, 0.3) is 11.3 Å². The van der Waals surface area contributed by atoms with Crippen molar-refractivity contribution in [1.29, 1.82) is 5.26 Å². The molecule has 2 aromatic rings. The Morgan fingerprint density at radius 3 is 2.91 bits per heavy atom. The molecular formula is C16H17N5O. The van der Waals surface area contributed by atoms with Crippen LogP contribution in [0.4, 0.5) is 5.82 Å². The number of rotatable bonds is 3. The number of hydrogen-bond acceptors (Lipinski definition) is 4. The lowest BCUT2D eigenvalue weighted by Crippen LogP contribution is -2.33. The molecule has 3 rings (SSSR count). The van der Waals surface area contributed by atoms with Gasteiger partial charge in [-0.15, -0.1) is 0 Å². The predicted molar refractivity (Wildman–Crippen MR) is 82.5 cm³/mol. The predicted octanol–water partition coefficient (Wildman–Crippen LogP) is 2.21. The Kier molecular flexibility index (Phi) is 3.79. The summed E-state index contributed by atoms with van der Waals surface area (Å²) in [6.07, 6.45) is 2.81. The van der Waals surface area contributed by atoms with Gasteiger partial charge in [-0.05, 0) is 18.9 Å². The highest BCUT2D eigenvalue weighted by molar-refractivity contribution is 5.92. The molecule has 1 saturated heterocycles. The summed E-state index contributed by atoms with van der Waals surface area (Å²) >= 11 is 0. The van der Waals surface area contributed by atoms with Gasteiger partial charge in [-0.2, -0.15) is 10.4 Å². The number of hydrogen-bond donors (Lipinski definition) is 2. The highest BCUT2D eigenvalue weighted by Gasteiger charge is 2.35. The number of amides is 1. The van der Waals surface area contributed by atoms with E-state index >= 15 is 0 Å². The molecular weight excluding hydrogens is 278 g/mol. The molecule has 1 fully saturated rings. The van der Waals surface area contributed by atoms with Crippen LogP contribution < -0.4 is 5.32 Å². The summed E-state index contributed by atoms with van der Waals surface area (Å²) in [6, 6.07) is 11.5. The lowest BCUT2D eigenvalue weighted by atomic mass is 10.0. The summed E-state index contributed by atoms with van der Waals surface area (Å²) in [4.78, 5) is 14.0. The average molecular weight is 295 g/mol. The molecule has 1 aromatic heterocycles. The van der Waals surface area contributed by atoms with Crippen LogP contribution in [0.5, 0.6) is 0 Å². The Bertz CT molecular complexity index is 703. The van der Waals surface area contributed by atoms with Gasteiger partial charge >= 0.3 is 0 Å². The van der Waals surface area contributed by atoms with E-state index in [0.717, 1.165) is 11.3 Å². The Balaban J connectivity index is 1.68. The lowest BCUT2D eigenvalue weighted by Gasteiger charge is -2.18. The van der Waals surface area contributed by atoms with Gasteiger partial charge in [-0.1, -0.05) is 30.3 Å². The van der Waals surface area contributed by atoms with Crippen molar-refractivity contribution in [2.45, 2.75) is 19.4 Å². The summed E-state index contributed by atoms with van der Waals surface area (Å²) < 4.78 is 0. The fourth-order valence-corrected chi connectivity index (χ4v) is 2.80. The second-order valence-corrected chi connectivity index (χ2v) is 5.45. The summed E-state index contributed by atoms with van der Waals surface area (Å²) in [5.41, 5.74) is 1.87. The molecule has 0 spiro atoms. The van der Waals surface area contributed by atoms with Crippen LogP contribution >= 0.6 is 0 Å². The van der Waals surface area contributed by atoms with Crippen molar-refractivity contribution < 1.29 is 4.79 Å². The number of likely N-dealkylation sites (tertiary alicyclic amines) is 1. The molecule has 0 radical (unpaired) electrons. The molecule has 1 aromatic carbocycles. The average Bonchev–Trinajstić information content (AvgIpc) is 3.14. The van der Waals surface area contributed by atoms with Gasteiger partial charge in [0.05, 0.1) is 11.6 Å². The second kappa shape index (κ2) is 5.90. The van der Waals surface area contributed by atoms with E-state index in [-0.39, 0.29) is 17.9 Å². The number of carbonyl (C=O) groups excluding carboxylic acids is 1. The first-order valence-electron chi connectivity index (χ1n) is 7.27. The van der Waals surface area contributed by atoms with E-state index < -0.39 is 0 Å². The monoisotopic (exact) mass is 295 g/mol. The molecule has 0 unspecified atom stereocenters. The minimum atomic E-state index is -0.184. The van der Waals surface area contributed by atoms with Gasteiger partial charge in [0.2, 0.25) is 5.91 Å². The van der Waals surface area contributed by atoms with Gasteiger partial charge in [0.1, 0.15) is 0 Å². The van der Waals surface area contributed by atoms with E-state index in [1.165, 1.54) is 0 Å². The Morgan fingerprint density at radius 1 is 1.45 bits per heavy atom. The molecule has 2 N–H and O–H groups in total. The fourth-order valence-electron chi connectivity index (χ4n) is 2.80. The third-order valence-corrected chi connectivity index (χ3v) is 4.13. The van der Waals surface area contributed by atoms with Gasteiger partial charge in [-0.25, -0.2) is 0 Å². The Morgan fingerprint density at radius 2 is 2.23 bits per heavy atom. The Labute approximate surface area is 128 Å². The van der Waals surface area contributed by atoms with E-state index in [4.69, 9.17) is 5.26 Å². The van der Waals surface area contributed by atoms with E-state index in [0.29, 0.717) is 18.8 Å². The number of H-pyrrole nitrogens is 1. The maximum Gasteiger partial charge on any atom is 0.230 e. The van der Waals surface area contributed by atoms with Gasteiger partial charge in [0, 0.05) is 18.7 Å². The molecule has 0 bridgehead atoms. The zero-order valence-electron chi connectivity index (χ0n) is 12.3. The zero-order valence-corrected chi connectivity index (χ0v) is 12.3. The van der Waals surface area contributed by atoms with Crippen molar-refractivity contribution in [2.24, 2.45) is 5.92 Å². The van der Waals surface area contributed by atoms with Crippen molar-refractivity contribution in [2.75, 3.05) is 11.9 Å². The van der Waals surface area contributed by atoms with Crippen LogP contribution in [0, 0.1) is 17.4 Å². The van der Waals surface area contributed by atoms with Crippen molar-refractivity contribution in [3.63, 3.8) is 0 Å². The number of nitriles is 1. The van der Waals surface area contributed by atoms with Crippen LogP contribution in [0.15, 0.2) is 36.4 Å². The molecule has 0 aliphatic carbocycles. The molecule has 6 heteroatoms. The maximum atomic E-state index is 12.3. The SMILES string of the molecule is C[C@H]1[C@@H](C(=O)Nc2cc(-c3ccccc3)[nH]n2)CCN1C#N. The number of nitrogens with zero attached hydrogens (tertiary/aromatic N) is 3. The van der Waals surface area contributed by atoms with Crippen LogP contribution in [0.2, 0.25) is 0 Å². The van der Waals surface area contributed by atoms with Gasteiger partial charge < -0.3 is 10.2 Å². The number of aromatic amines is 1. The fraction of sp³-hybridized carbons (Fsp3) is 0.312. The van der Waals surface area contributed by atoms with Crippen molar-refractivity contribution in [3.05, 3.63) is 36.4 Å². The minimum absolute atomic E-state index is 0.0717. The molecule has 1 aliphatic rings. The topological polar surface area (TPSA) is 84.8 Å². The molecule has 22 heavy (non-hydrogen) atoms. The van der Waals surface area contributed by atoms with Crippen LogP contribution in [-0.2, 0) is 4.79 Å². The molecule has 112 valence electrons. The van der Waals surface area contributed by atoms with Crippen LogP contribution in [0.3, 0.4) is 0 Å². The van der Waals surface area contributed by atoms with E-state index in [1.807, 2.05) is 43.3 Å². The first-order chi connectivity index (χ1) is 10.7. The van der Waals surface area contributed by atoms with E-state index in [1.54, 1.807) is 4.90 Å². The van der Waals surface area contributed by atoms with Gasteiger partial charge in [0.25, 0.3) is 0 Å². The van der Waals surface area contributed by atoms with E-state index in [2.05, 4.69) is 21.7 Å². The third-order valence-electron chi connectivity index (χ3n) is 4.13. The minimum Gasteiger partial charge on any atom is -0.309 e. The first kappa shape index (κ1) is 14.1. The first-order valence-corrected chi connectivity index (χ1v) is 7.27. The smallest absolute Gasteiger partial charge is 0.230 e.